The molecule has 0 spiro atoms. The molecule has 4 nitrogen and oxygen atoms in total. The number of pyridine rings is 1. The molecule has 1 aliphatic rings. The van der Waals surface area contributed by atoms with Gasteiger partial charge in [-0.15, -0.1) is 0 Å². The van der Waals surface area contributed by atoms with Gasteiger partial charge in [-0.2, -0.15) is 0 Å². The molecule has 104 valence electrons. The molecule has 2 aromatic rings. The second-order valence-corrected chi connectivity index (χ2v) is 6.04. The summed E-state index contributed by atoms with van der Waals surface area (Å²) >= 11 is 3.53. The second-order valence-electron chi connectivity index (χ2n) is 5.19. The Morgan fingerprint density at radius 1 is 1.35 bits per heavy atom. The molecule has 0 saturated heterocycles. The number of aliphatic carboxylic acids is 1. The van der Waals surface area contributed by atoms with Gasteiger partial charge in [-0.25, -0.2) is 4.98 Å². The van der Waals surface area contributed by atoms with E-state index in [4.69, 9.17) is 5.11 Å². The molecule has 0 radical (unpaired) electrons. The maximum absolute atomic E-state index is 11.1. The lowest BCUT2D eigenvalue weighted by Gasteiger charge is -2.23. The first-order valence-electron chi connectivity index (χ1n) is 6.65. The molecule has 1 aliphatic carbocycles. The van der Waals surface area contributed by atoms with Crippen LogP contribution in [-0.4, -0.2) is 29.1 Å². The third-order valence-corrected chi connectivity index (χ3v) is 4.22. The van der Waals surface area contributed by atoms with E-state index >= 15 is 0 Å². The summed E-state index contributed by atoms with van der Waals surface area (Å²) in [6, 6.07) is 7.87. The van der Waals surface area contributed by atoms with Gasteiger partial charge in [0.2, 0.25) is 0 Å². The van der Waals surface area contributed by atoms with Gasteiger partial charge in [0.1, 0.15) is 12.4 Å². The van der Waals surface area contributed by atoms with E-state index in [-0.39, 0.29) is 6.54 Å². The van der Waals surface area contributed by atoms with Gasteiger partial charge in [0.05, 0.1) is 0 Å². The molecule has 1 aromatic carbocycles. The molecule has 0 bridgehead atoms. The van der Waals surface area contributed by atoms with Gasteiger partial charge in [0.15, 0.2) is 0 Å². The maximum Gasteiger partial charge on any atom is 0.323 e. The van der Waals surface area contributed by atoms with Gasteiger partial charge in [0.25, 0.3) is 0 Å². The first-order valence-corrected chi connectivity index (χ1v) is 7.44. The quantitative estimate of drug-likeness (QED) is 0.911. The molecule has 0 amide bonds. The highest BCUT2D eigenvalue weighted by Crippen LogP contribution is 2.34. The molecule has 1 aromatic heterocycles. The van der Waals surface area contributed by atoms with Crippen LogP contribution in [0.4, 0.5) is 5.82 Å². The molecule has 0 atom stereocenters. The Labute approximate surface area is 125 Å². The average Bonchev–Trinajstić information content (AvgIpc) is 3.21. The van der Waals surface area contributed by atoms with Gasteiger partial charge in [-0.05, 0) is 30.9 Å². The predicted octanol–water partition coefficient (Wildman–Crippen LogP) is 3.30. The molecular weight excluding hydrogens is 320 g/mol. The predicted molar refractivity (Wildman–Crippen MR) is 82.0 cm³/mol. The smallest absolute Gasteiger partial charge is 0.323 e. The molecule has 20 heavy (non-hydrogen) atoms. The highest BCUT2D eigenvalue weighted by Gasteiger charge is 2.26. The highest BCUT2D eigenvalue weighted by atomic mass is 79.9. The largest absolute Gasteiger partial charge is 0.480 e. The number of hydrogen-bond acceptors (Lipinski definition) is 3. The van der Waals surface area contributed by atoms with Crippen LogP contribution in [0.3, 0.4) is 0 Å². The fourth-order valence-corrected chi connectivity index (χ4v) is 2.90. The summed E-state index contributed by atoms with van der Waals surface area (Å²) in [6.07, 6.45) is 4.11. The number of carboxylic acid groups (broad SMARTS) is 1. The van der Waals surface area contributed by atoms with E-state index in [0.29, 0.717) is 5.92 Å². The fraction of sp³-hybridized carbons (Fsp3) is 0.333. The third-order valence-electron chi connectivity index (χ3n) is 3.53. The van der Waals surface area contributed by atoms with Crippen molar-refractivity contribution in [1.29, 1.82) is 0 Å². The van der Waals surface area contributed by atoms with E-state index in [1.54, 1.807) is 6.20 Å². The van der Waals surface area contributed by atoms with E-state index in [9.17, 15) is 4.79 Å². The Morgan fingerprint density at radius 3 is 2.85 bits per heavy atom. The first kappa shape index (κ1) is 13.4. The summed E-state index contributed by atoms with van der Waals surface area (Å²) in [7, 11) is 0. The van der Waals surface area contributed by atoms with Crippen molar-refractivity contribution in [2.75, 3.05) is 18.0 Å². The number of benzene rings is 1. The number of aromatic nitrogens is 1. The van der Waals surface area contributed by atoms with Crippen molar-refractivity contribution in [3.63, 3.8) is 0 Å². The van der Waals surface area contributed by atoms with Crippen molar-refractivity contribution < 1.29 is 9.90 Å². The minimum Gasteiger partial charge on any atom is -0.480 e. The summed E-state index contributed by atoms with van der Waals surface area (Å²) < 4.78 is 1.00. The van der Waals surface area contributed by atoms with E-state index < -0.39 is 5.97 Å². The van der Waals surface area contributed by atoms with E-state index in [1.807, 2.05) is 29.2 Å². The summed E-state index contributed by atoms with van der Waals surface area (Å²) in [5, 5.41) is 11.2. The molecule has 0 unspecified atom stereocenters. The van der Waals surface area contributed by atoms with Crippen LogP contribution >= 0.6 is 15.9 Å². The maximum atomic E-state index is 11.1. The zero-order valence-electron chi connectivity index (χ0n) is 10.9. The topological polar surface area (TPSA) is 53.4 Å². The third kappa shape index (κ3) is 2.77. The first-order chi connectivity index (χ1) is 9.65. The SMILES string of the molecule is O=C(O)CN(CC1CC1)c1nccc2c(Br)cccc12. The Kier molecular flexibility index (Phi) is 3.61. The average molecular weight is 335 g/mol. The number of nitrogens with zero attached hydrogens (tertiary/aromatic N) is 2. The van der Waals surface area contributed by atoms with Gasteiger partial charge in [-0.3, -0.25) is 4.79 Å². The zero-order valence-corrected chi connectivity index (χ0v) is 12.5. The van der Waals surface area contributed by atoms with Crippen molar-refractivity contribution in [1.82, 2.24) is 4.98 Å². The zero-order chi connectivity index (χ0) is 14.1. The lowest BCUT2D eigenvalue weighted by molar-refractivity contribution is -0.135. The number of halogens is 1. The van der Waals surface area contributed by atoms with Crippen molar-refractivity contribution in [2.24, 2.45) is 5.92 Å². The van der Waals surface area contributed by atoms with Crippen molar-refractivity contribution in [2.45, 2.75) is 12.8 Å². The molecule has 1 fully saturated rings. The summed E-state index contributed by atoms with van der Waals surface area (Å²) in [5.41, 5.74) is 0. The van der Waals surface area contributed by atoms with Gasteiger partial charge >= 0.3 is 5.97 Å². The van der Waals surface area contributed by atoms with Gasteiger partial charge < -0.3 is 10.0 Å². The van der Waals surface area contributed by atoms with Gasteiger partial charge in [0, 0.05) is 28.0 Å². The van der Waals surface area contributed by atoms with Crippen LogP contribution in [0.5, 0.6) is 0 Å². The Balaban J connectivity index is 2.04. The molecule has 1 N–H and O–H groups in total. The Hall–Kier alpha value is -1.62. The lowest BCUT2D eigenvalue weighted by atomic mass is 10.1. The van der Waals surface area contributed by atoms with E-state index in [2.05, 4.69) is 20.9 Å². The normalized spacial score (nSPS) is 14.4. The Morgan fingerprint density at radius 2 is 2.15 bits per heavy atom. The van der Waals surface area contributed by atoms with Crippen LogP contribution in [0.2, 0.25) is 0 Å². The standard InChI is InChI=1S/C15H15BrN2O2/c16-13-3-1-2-12-11(13)6-7-17-15(12)18(9-14(19)20)8-10-4-5-10/h1-3,6-7,10H,4-5,8-9H2,(H,19,20). The van der Waals surface area contributed by atoms with E-state index in [0.717, 1.165) is 27.6 Å². The molecule has 1 heterocycles. The van der Waals surface area contributed by atoms with Crippen LogP contribution in [0.1, 0.15) is 12.8 Å². The summed E-state index contributed by atoms with van der Waals surface area (Å²) in [6.45, 7) is 0.764. The Bertz CT molecular complexity index is 655. The van der Waals surface area contributed by atoms with Crippen LogP contribution in [0.25, 0.3) is 10.8 Å². The highest BCUT2D eigenvalue weighted by molar-refractivity contribution is 9.10. The van der Waals surface area contributed by atoms with Gasteiger partial charge in [-0.1, -0.05) is 28.1 Å². The summed E-state index contributed by atoms with van der Waals surface area (Å²) in [5.74, 6) is 0.552. The van der Waals surface area contributed by atoms with Crippen LogP contribution in [0, 0.1) is 5.92 Å². The number of rotatable bonds is 5. The second kappa shape index (κ2) is 5.40. The lowest BCUT2D eigenvalue weighted by Crippen LogP contribution is -2.32. The van der Waals surface area contributed by atoms with Crippen molar-refractivity contribution in [3.05, 3.63) is 34.9 Å². The molecule has 5 heteroatoms. The number of hydrogen-bond donors (Lipinski definition) is 1. The minimum absolute atomic E-state index is 0.00483. The van der Waals surface area contributed by atoms with Crippen LogP contribution in [-0.2, 0) is 4.79 Å². The molecule has 1 saturated carbocycles. The minimum atomic E-state index is -0.820. The molecular formula is C15H15BrN2O2. The number of carboxylic acids is 1. The number of anilines is 1. The van der Waals surface area contributed by atoms with E-state index in [1.165, 1.54) is 12.8 Å². The summed E-state index contributed by atoms with van der Waals surface area (Å²) in [4.78, 5) is 17.4. The van der Waals surface area contributed by atoms with Crippen LogP contribution in [0.15, 0.2) is 34.9 Å². The molecule has 0 aliphatic heterocycles. The monoisotopic (exact) mass is 334 g/mol. The number of fused-ring (bicyclic) bond motifs is 1. The van der Waals surface area contributed by atoms with Crippen molar-refractivity contribution >= 4 is 38.5 Å². The fourth-order valence-electron chi connectivity index (χ4n) is 2.41. The van der Waals surface area contributed by atoms with Crippen molar-refractivity contribution in [3.8, 4) is 0 Å². The molecule has 3 rings (SSSR count). The van der Waals surface area contributed by atoms with Crippen LogP contribution < -0.4 is 4.90 Å². The number of carbonyl (C=O) groups is 1.